The van der Waals surface area contributed by atoms with Crippen molar-refractivity contribution in [3.8, 4) is 11.8 Å². The molecule has 0 amide bonds. The molecule has 14 heavy (non-hydrogen) atoms. The summed E-state index contributed by atoms with van der Waals surface area (Å²) in [7, 11) is 0. The first-order valence-corrected chi connectivity index (χ1v) is 5.64. The molecule has 1 fully saturated rings. The molecule has 0 radical (unpaired) electrons. The van der Waals surface area contributed by atoms with Gasteiger partial charge < -0.3 is 4.74 Å². The Balaban J connectivity index is 2.11. The highest BCUT2D eigenvalue weighted by atomic mass is 32.2. The molecule has 1 aromatic heterocycles. The van der Waals surface area contributed by atoms with Crippen molar-refractivity contribution in [2.24, 2.45) is 0 Å². The lowest BCUT2D eigenvalue weighted by molar-refractivity contribution is 0.228. The van der Waals surface area contributed by atoms with Gasteiger partial charge in [0.05, 0.1) is 11.8 Å². The predicted octanol–water partition coefficient (Wildman–Crippen LogP) is 1.84. The van der Waals surface area contributed by atoms with Gasteiger partial charge in [-0.2, -0.15) is 17.0 Å². The quantitative estimate of drug-likeness (QED) is 0.740. The van der Waals surface area contributed by atoms with E-state index >= 15 is 0 Å². The molecule has 1 aliphatic heterocycles. The zero-order valence-corrected chi connectivity index (χ0v) is 8.46. The van der Waals surface area contributed by atoms with Gasteiger partial charge in [0.2, 0.25) is 0 Å². The number of nitriles is 1. The minimum absolute atomic E-state index is 0.247. The molecular weight excluding hydrogens is 196 g/mol. The first kappa shape index (κ1) is 9.35. The summed E-state index contributed by atoms with van der Waals surface area (Å²) in [6.45, 7) is 0. The number of thioether (sulfide) groups is 1. The fourth-order valence-corrected chi connectivity index (χ4v) is 2.45. The Morgan fingerprint density at radius 3 is 3.29 bits per heavy atom. The monoisotopic (exact) mass is 206 g/mol. The Labute approximate surface area is 87.1 Å². The van der Waals surface area contributed by atoms with Crippen LogP contribution in [-0.4, -0.2) is 22.6 Å². The summed E-state index contributed by atoms with van der Waals surface area (Å²) in [6, 6.07) is 3.78. The Kier molecular flexibility index (Phi) is 2.90. The van der Waals surface area contributed by atoms with Crippen molar-refractivity contribution in [3.05, 3.63) is 24.0 Å². The number of hydrogen-bond donors (Lipinski definition) is 0. The molecular formula is C10H10N2OS. The summed E-state index contributed by atoms with van der Waals surface area (Å²) in [4.78, 5) is 3.95. The average molecular weight is 206 g/mol. The molecule has 3 nitrogen and oxygen atoms in total. The van der Waals surface area contributed by atoms with Gasteiger partial charge in [-0.1, -0.05) is 0 Å². The zero-order valence-electron chi connectivity index (χ0n) is 7.64. The SMILES string of the molecule is N#Cc1ccncc1OC1CCSC1. The summed E-state index contributed by atoms with van der Waals surface area (Å²) in [5.74, 6) is 2.77. The molecule has 0 aromatic carbocycles. The maximum Gasteiger partial charge on any atom is 0.155 e. The van der Waals surface area contributed by atoms with E-state index < -0.39 is 0 Å². The lowest BCUT2D eigenvalue weighted by Gasteiger charge is -2.12. The largest absolute Gasteiger partial charge is 0.487 e. The minimum Gasteiger partial charge on any atom is -0.487 e. The van der Waals surface area contributed by atoms with E-state index in [1.165, 1.54) is 0 Å². The van der Waals surface area contributed by atoms with Crippen LogP contribution in [0.1, 0.15) is 12.0 Å². The number of hydrogen-bond acceptors (Lipinski definition) is 4. The lowest BCUT2D eigenvalue weighted by Crippen LogP contribution is -2.15. The van der Waals surface area contributed by atoms with Crippen LogP contribution in [0.5, 0.6) is 5.75 Å². The highest BCUT2D eigenvalue weighted by molar-refractivity contribution is 7.99. The number of nitrogens with zero attached hydrogens (tertiary/aromatic N) is 2. The zero-order chi connectivity index (χ0) is 9.80. The molecule has 0 N–H and O–H groups in total. The van der Waals surface area contributed by atoms with Gasteiger partial charge in [-0.15, -0.1) is 0 Å². The van der Waals surface area contributed by atoms with E-state index in [2.05, 4.69) is 11.1 Å². The van der Waals surface area contributed by atoms with Crippen LogP contribution in [0.2, 0.25) is 0 Å². The maximum atomic E-state index is 8.83. The Morgan fingerprint density at radius 2 is 2.57 bits per heavy atom. The predicted molar refractivity (Wildman–Crippen MR) is 55.3 cm³/mol. The number of rotatable bonds is 2. The van der Waals surface area contributed by atoms with Crippen molar-refractivity contribution in [2.45, 2.75) is 12.5 Å². The van der Waals surface area contributed by atoms with Crippen molar-refractivity contribution >= 4 is 11.8 Å². The van der Waals surface area contributed by atoms with Crippen molar-refractivity contribution in [1.82, 2.24) is 4.98 Å². The summed E-state index contributed by atoms with van der Waals surface area (Å²) in [5, 5.41) is 8.83. The molecule has 2 heterocycles. The highest BCUT2D eigenvalue weighted by Crippen LogP contribution is 2.24. The molecule has 4 heteroatoms. The van der Waals surface area contributed by atoms with Crippen LogP contribution in [0.4, 0.5) is 0 Å². The third kappa shape index (κ3) is 1.99. The van der Waals surface area contributed by atoms with Crippen molar-refractivity contribution in [1.29, 1.82) is 5.26 Å². The number of ether oxygens (including phenoxy) is 1. The first-order chi connectivity index (χ1) is 6.90. The second kappa shape index (κ2) is 4.34. The Bertz CT molecular complexity index is 355. The smallest absolute Gasteiger partial charge is 0.155 e. The second-order valence-electron chi connectivity index (χ2n) is 3.09. The van der Waals surface area contributed by atoms with E-state index in [0.717, 1.165) is 17.9 Å². The molecule has 2 rings (SSSR count). The van der Waals surface area contributed by atoms with Crippen molar-refractivity contribution in [2.75, 3.05) is 11.5 Å². The van der Waals surface area contributed by atoms with Crippen molar-refractivity contribution < 1.29 is 4.74 Å². The second-order valence-corrected chi connectivity index (χ2v) is 4.24. The van der Waals surface area contributed by atoms with E-state index in [1.807, 2.05) is 11.8 Å². The molecule has 0 spiro atoms. The van der Waals surface area contributed by atoms with E-state index in [4.69, 9.17) is 10.00 Å². The van der Waals surface area contributed by atoms with Crippen LogP contribution < -0.4 is 4.74 Å². The molecule has 0 aliphatic carbocycles. The molecule has 1 aliphatic rings. The van der Waals surface area contributed by atoms with Crippen LogP contribution in [0, 0.1) is 11.3 Å². The van der Waals surface area contributed by atoms with Gasteiger partial charge in [0.25, 0.3) is 0 Å². The van der Waals surface area contributed by atoms with Crippen molar-refractivity contribution in [3.63, 3.8) is 0 Å². The molecule has 1 atom stereocenters. The van der Waals surface area contributed by atoms with Crippen LogP contribution in [0.15, 0.2) is 18.5 Å². The van der Waals surface area contributed by atoms with Gasteiger partial charge in [0.15, 0.2) is 5.75 Å². The van der Waals surface area contributed by atoms with E-state index in [9.17, 15) is 0 Å². The van der Waals surface area contributed by atoms with Crippen LogP contribution in [0.25, 0.3) is 0 Å². The third-order valence-corrected chi connectivity index (χ3v) is 3.22. The standard InChI is InChI=1S/C10H10N2OS/c11-5-8-1-3-12-6-10(8)13-9-2-4-14-7-9/h1,3,6,9H,2,4,7H2. The summed E-state index contributed by atoms with van der Waals surface area (Å²) >= 11 is 1.89. The summed E-state index contributed by atoms with van der Waals surface area (Å²) < 4.78 is 5.69. The molecule has 1 saturated heterocycles. The van der Waals surface area contributed by atoms with Crippen LogP contribution in [-0.2, 0) is 0 Å². The number of pyridine rings is 1. The van der Waals surface area contributed by atoms with Gasteiger partial charge >= 0.3 is 0 Å². The first-order valence-electron chi connectivity index (χ1n) is 4.48. The lowest BCUT2D eigenvalue weighted by atomic mass is 10.2. The topological polar surface area (TPSA) is 45.9 Å². The normalized spacial score (nSPS) is 20.4. The van der Waals surface area contributed by atoms with Gasteiger partial charge in [-0.05, 0) is 18.2 Å². The molecule has 1 aromatic rings. The average Bonchev–Trinajstić information content (AvgIpc) is 2.71. The number of aromatic nitrogens is 1. The van der Waals surface area contributed by atoms with Crippen LogP contribution >= 0.6 is 11.8 Å². The summed E-state index contributed by atoms with van der Waals surface area (Å²) in [6.07, 6.45) is 4.53. The fraction of sp³-hybridized carbons (Fsp3) is 0.400. The minimum atomic E-state index is 0.247. The van der Waals surface area contributed by atoms with E-state index in [-0.39, 0.29) is 6.10 Å². The third-order valence-electron chi connectivity index (χ3n) is 2.09. The van der Waals surface area contributed by atoms with Gasteiger partial charge in [0, 0.05) is 11.9 Å². The summed E-state index contributed by atoms with van der Waals surface area (Å²) in [5.41, 5.74) is 0.567. The highest BCUT2D eigenvalue weighted by Gasteiger charge is 2.18. The molecule has 0 saturated carbocycles. The fourth-order valence-electron chi connectivity index (χ4n) is 1.35. The van der Waals surface area contributed by atoms with Gasteiger partial charge in [-0.25, -0.2) is 0 Å². The maximum absolute atomic E-state index is 8.83. The van der Waals surface area contributed by atoms with Crippen LogP contribution in [0.3, 0.4) is 0 Å². The molecule has 0 bridgehead atoms. The van der Waals surface area contributed by atoms with Gasteiger partial charge in [0.1, 0.15) is 12.2 Å². The Hall–Kier alpha value is -1.21. The Morgan fingerprint density at radius 1 is 1.64 bits per heavy atom. The molecule has 72 valence electrons. The van der Waals surface area contributed by atoms with E-state index in [1.54, 1.807) is 18.5 Å². The molecule has 1 unspecified atom stereocenters. The van der Waals surface area contributed by atoms with Gasteiger partial charge in [-0.3, -0.25) is 4.98 Å². The van der Waals surface area contributed by atoms with E-state index in [0.29, 0.717) is 11.3 Å².